The van der Waals surface area contributed by atoms with Gasteiger partial charge in [-0.25, -0.2) is 14.6 Å². The highest BCUT2D eigenvalue weighted by atomic mass is 32.2. The zero-order chi connectivity index (χ0) is 18.0. The second kappa shape index (κ2) is 7.19. The van der Waals surface area contributed by atoms with Crippen molar-refractivity contribution in [2.75, 3.05) is 30.8 Å². The highest BCUT2D eigenvalue weighted by Crippen LogP contribution is 2.28. The molecule has 1 saturated heterocycles. The van der Waals surface area contributed by atoms with Crippen molar-refractivity contribution in [1.29, 1.82) is 0 Å². The van der Waals surface area contributed by atoms with Crippen LogP contribution in [0, 0.1) is 5.41 Å². The summed E-state index contributed by atoms with van der Waals surface area (Å²) in [6.07, 6.45) is 6.23. The van der Waals surface area contributed by atoms with Gasteiger partial charge in [-0.1, -0.05) is 32.5 Å². The maximum absolute atomic E-state index is 12.0. The average molecular weight is 363 g/mol. The lowest BCUT2D eigenvalue weighted by Crippen LogP contribution is -2.36. The number of nitrogens with one attached hydrogen (secondary N) is 1. The molecular weight excluding hydrogens is 336 g/mol. The zero-order valence-corrected chi connectivity index (χ0v) is 16.2. The molecule has 1 fully saturated rings. The van der Waals surface area contributed by atoms with E-state index < -0.39 is 0 Å². The third-order valence-electron chi connectivity index (χ3n) is 4.33. The molecule has 3 heterocycles. The van der Waals surface area contributed by atoms with Gasteiger partial charge in [-0.05, 0) is 19.1 Å². The number of thioether (sulfide) groups is 1. The van der Waals surface area contributed by atoms with E-state index in [1.807, 2.05) is 37.9 Å². The number of amides is 1. The van der Waals surface area contributed by atoms with Gasteiger partial charge in [0.25, 0.3) is 0 Å². The summed E-state index contributed by atoms with van der Waals surface area (Å²) in [6, 6.07) is 0. The van der Waals surface area contributed by atoms with E-state index in [0.717, 1.165) is 35.1 Å². The Balaban J connectivity index is 1.82. The number of nitrogens with zero attached hydrogens (tertiary/aromatic N) is 5. The number of rotatable bonds is 5. The number of carbonyl (C=O) groups is 1. The van der Waals surface area contributed by atoms with Crippen molar-refractivity contribution < 1.29 is 4.79 Å². The van der Waals surface area contributed by atoms with Crippen LogP contribution < -0.4 is 10.2 Å². The third-order valence-corrected chi connectivity index (χ3v) is 4.88. The fourth-order valence-electron chi connectivity index (χ4n) is 2.89. The van der Waals surface area contributed by atoms with Crippen molar-refractivity contribution in [3.05, 3.63) is 6.20 Å². The van der Waals surface area contributed by atoms with Crippen LogP contribution >= 0.6 is 11.8 Å². The molecule has 1 amide bonds. The van der Waals surface area contributed by atoms with Crippen molar-refractivity contribution >= 4 is 34.5 Å². The van der Waals surface area contributed by atoms with Gasteiger partial charge < -0.3 is 10.2 Å². The average Bonchev–Trinajstić information content (AvgIpc) is 3.23. The van der Waals surface area contributed by atoms with Gasteiger partial charge in [0.2, 0.25) is 5.91 Å². The molecule has 2 aromatic rings. The summed E-state index contributed by atoms with van der Waals surface area (Å²) in [5.41, 5.74) is 0.454. The lowest BCUT2D eigenvalue weighted by molar-refractivity contribution is -0.128. The topological polar surface area (TPSA) is 75.9 Å². The second-order valence-electron chi connectivity index (χ2n) is 7.34. The Hall–Kier alpha value is -1.83. The SMILES string of the molecule is CSc1nc(N2CCCC2)c2cnn(CCNC(=O)C(C)(C)C)c2n1. The fourth-order valence-corrected chi connectivity index (χ4v) is 3.24. The molecular formula is C17H26N6OS. The highest BCUT2D eigenvalue weighted by molar-refractivity contribution is 7.98. The summed E-state index contributed by atoms with van der Waals surface area (Å²) in [5.74, 6) is 1.03. The predicted octanol–water partition coefficient (Wildman–Crippen LogP) is 2.31. The molecule has 0 atom stereocenters. The quantitative estimate of drug-likeness (QED) is 0.650. The maximum Gasteiger partial charge on any atom is 0.225 e. The van der Waals surface area contributed by atoms with Crippen LogP contribution in [0.2, 0.25) is 0 Å². The van der Waals surface area contributed by atoms with Crippen molar-refractivity contribution in [3.63, 3.8) is 0 Å². The van der Waals surface area contributed by atoms with Crippen LogP contribution in [0.4, 0.5) is 5.82 Å². The van der Waals surface area contributed by atoms with Gasteiger partial charge in [-0.3, -0.25) is 4.79 Å². The lowest BCUT2D eigenvalue weighted by Gasteiger charge is -2.18. The first-order valence-corrected chi connectivity index (χ1v) is 9.93. The normalized spacial score (nSPS) is 15.1. The van der Waals surface area contributed by atoms with Crippen LogP contribution in [0.15, 0.2) is 11.4 Å². The molecule has 0 aromatic carbocycles. The fraction of sp³-hybridized carbons (Fsp3) is 0.647. The second-order valence-corrected chi connectivity index (χ2v) is 8.11. The van der Waals surface area contributed by atoms with Crippen molar-refractivity contribution in [3.8, 4) is 0 Å². The van der Waals surface area contributed by atoms with E-state index in [4.69, 9.17) is 4.98 Å². The molecule has 0 unspecified atom stereocenters. The van der Waals surface area contributed by atoms with E-state index in [1.165, 1.54) is 12.8 Å². The highest BCUT2D eigenvalue weighted by Gasteiger charge is 2.22. The van der Waals surface area contributed by atoms with Crippen LogP contribution in [-0.4, -0.2) is 51.5 Å². The smallest absolute Gasteiger partial charge is 0.225 e. The monoisotopic (exact) mass is 362 g/mol. The third kappa shape index (κ3) is 3.89. The van der Waals surface area contributed by atoms with Gasteiger partial charge in [0.15, 0.2) is 10.8 Å². The Morgan fingerprint density at radius 2 is 2.00 bits per heavy atom. The first-order valence-electron chi connectivity index (χ1n) is 8.71. The molecule has 1 aliphatic heterocycles. The summed E-state index contributed by atoms with van der Waals surface area (Å²) >= 11 is 1.54. The van der Waals surface area contributed by atoms with Crippen molar-refractivity contribution in [2.24, 2.45) is 5.41 Å². The van der Waals surface area contributed by atoms with Gasteiger partial charge in [0, 0.05) is 25.0 Å². The molecule has 7 nitrogen and oxygen atoms in total. The lowest BCUT2D eigenvalue weighted by atomic mass is 9.96. The van der Waals surface area contributed by atoms with Gasteiger partial charge in [0.1, 0.15) is 5.82 Å². The van der Waals surface area contributed by atoms with Crippen LogP contribution in [-0.2, 0) is 11.3 Å². The summed E-state index contributed by atoms with van der Waals surface area (Å²) in [7, 11) is 0. The Morgan fingerprint density at radius 3 is 2.64 bits per heavy atom. The number of hydrogen-bond donors (Lipinski definition) is 1. The first kappa shape index (κ1) is 18.0. The van der Waals surface area contributed by atoms with Crippen LogP contribution in [0.1, 0.15) is 33.6 Å². The van der Waals surface area contributed by atoms with Crippen LogP contribution in [0.5, 0.6) is 0 Å². The molecule has 0 bridgehead atoms. The van der Waals surface area contributed by atoms with E-state index in [0.29, 0.717) is 13.1 Å². The molecule has 3 rings (SSSR count). The molecule has 0 saturated carbocycles. The van der Waals surface area contributed by atoms with Gasteiger partial charge >= 0.3 is 0 Å². The van der Waals surface area contributed by atoms with E-state index >= 15 is 0 Å². The minimum Gasteiger partial charge on any atom is -0.356 e. The summed E-state index contributed by atoms with van der Waals surface area (Å²) in [5, 5.41) is 9.20. The molecule has 8 heteroatoms. The molecule has 0 radical (unpaired) electrons. The van der Waals surface area contributed by atoms with Crippen LogP contribution in [0.3, 0.4) is 0 Å². The zero-order valence-electron chi connectivity index (χ0n) is 15.4. The Bertz CT molecular complexity index is 760. The maximum atomic E-state index is 12.0. The number of hydrogen-bond acceptors (Lipinski definition) is 6. The summed E-state index contributed by atoms with van der Waals surface area (Å²) in [4.78, 5) is 23.7. The number of fused-ring (bicyclic) bond motifs is 1. The molecule has 25 heavy (non-hydrogen) atoms. The standard InChI is InChI=1S/C17H26N6OS/c1-17(2,3)15(24)18-7-10-23-14-12(11-19-23)13(20-16(21-14)25-4)22-8-5-6-9-22/h11H,5-10H2,1-4H3,(H,18,24). The summed E-state index contributed by atoms with van der Waals surface area (Å²) in [6.45, 7) is 8.92. The number of anilines is 1. The van der Waals surface area contributed by atoms with E-state index in [-0.39, 0.29) is 11.3 Å². The minimum absolute atomic E-state index is 0.0427. The number of aromatic nitrogens is 4. The van der Waals surface area contributed by atoms with Gasteiger partial charge in [0.05, 0.1) is 18.1 Å². The van der Waals surface area contributed by atoms with Gasteiger partial charge in [-0.15, -0.1) is 0 Å². The van der Waals surface area contributed by atoms with E-state index in [1.54, 1.807) is 11.8 Å². The number of carbonyl (C=O) groups excluding carboxylic acids is 1. The Kier molecular flexibility index (Phi) is 5.17. The van der Waals surface area contributed by atoms with Crippen molar-refractivity contribution in [1.82, 2.24) is 25.1 Å². The molecule has 0 spiro atoms. The van der Waals surface area contributed by atoms with Crippen LogP contribution in [0.25, 0.3) is 11.0 Å². The Labute approximate surface area is 152 Å². The van der Waals surface area contributed by atoms with Crippen molar-refractivity contribution in [2.45, 2.75) is 45.3 Å². The predicted molar refractivity (Wildman–Crippen MR) is 101 cm³/mol. The molecule has 0 aliphatic carbocycles. The molecule has 1 N–H and O–H groups in total. The summed E-state index contributed by atoms with van der Waals surface area (Å²) < 4.78 is 1.86. The molecule has 2 aromatic heterocycles. The largest absolute Gasteiger partial charge is 0.356 e. The van der Waals surface area contributed by atoms with E-state index in [2.05, 4.69) is 20.3 Å². The molecule has 1 aliphatic rings. The van der Waals surface area contributed by atoms with E-state index in [9.17, 15) is 4.79 Å². The molecule has 136 valence electrons. The minimum atomic E-state index is -0.386. The Morgan fingerprint density at radius 1 is 1.28 bits per heavy atom. The van der Waals surface area contributed by atoms with Gasteiger partial charge in [-0.2, -0.15) is 5.10 Å². The first-order chi connectivity index (χ1) is 11.9.